The molecule has 0 atom stereocenters. The second kappa shape index (κ2) is 11.7. The molecule has 0 saturated heterocycles. The minimum atomic E-state index is 0.0168. The SMILES string of the molecule is CN=C(NCCCOc1ccc2ccccc2c1)NCCc1cccc(C(=O)N(C)C)c1. The lowest BCUT2D eigenvalue weighted by Crippen LogP contribution is -2.39. The van der Waals surface area contributed by atoms with Crippen LogP contribution in [-0.4, -0.2) is 57.6 Å². The second-order valence-corrected chi connectivity index (χ2v) is 7.79. The lowest BCUT2D eigenvalue weighted by atomic mass is 10.1. The van der Waals surface area contributed by atoms with Crippen LogP contribution in [0, 0.1) is 0 Å². The number of nitrogens with one attached hydrogen (secondary N) is 2. The summed E-state index contributed by atoms with van der Waals surface area (Å²) < 4.78 is 5.88. The molecule has 0 heterocycles. The summed E-state index contributed by atoms with van der Waals surface area (Å²) in [7, 11) is 5.29. The van der Waals surface area contributed by atoms with Gasteiger partial charge in [-0.3, -0.25) is 9.79 Å². The van der Waals surface area contributed by atoms with Crippen LogP contribution in [0.4, 0.5) is 0 Å². The Morgan fingerprint density at radius 3 is 2.50 bits per heavy atom. The number of guanidine groups is 1. The van der Waals surface area contributed by atoms with E-state index in [-0.39, 0.29) is 5.91 Å². The fourth-order valence-corrected chi connectivity index (χ4v) is 3.39. The molecule has 0 aliphatic rings. The van der Waals surface area contributed by atoms with Crippen molar-refractivity contribution in [2.75, 3.05) is 40.8 Å². The van der Waals surface area contributed by atoms with Gasteiger partial charge in [0.1, 0.15) is 5.75 Å². The zero-order valence-electron chi connectivity index (χ0n) is 19.1. The Morgan fingerprint density at radius 2 is 1.72 bits per heavy atom. The number of fused-ring (bicyclic) bond motifs is 1. The number of rotatable bonds is 9. The first-order valence-corrected chi connectivity index (χ1v) is 10.9. The minimum absolute atomic E-state index is 0.0168. The van der Waals surface area contributed by atoms with E-state index >= 15 is 0 Å². The Labute approximate surface area is 190 Å². The summed E-state index contributed by atoms with van der Waals surface area (Å²) in [4.78, 5) is 18.0. The molecular weight excluding hydrogens is 400 g/mol. The lowest BCUT2D eigenvalue weighted by Gasteiger charge is -2.13. The van der Waals surface area contributed by atoms with Crippen LogP contribution in [0.3, 0.4) is 0 Å². The van der Waals surface area contributed by atoms with E-state index in [1.54, 1.807) is 26.0 Å². The van der Waals surface area contributed by atoms with Crippen molar-refractivity contribution in [3.63, 3.8) is 0 Å². The van der Waals surface area contributed by atoms with Crippen molar-refractivity contribution in [3.05, 3.63) is 77.9 Å². The average Bonchev–Trinajstić information content (AvgIpc) is 2.82. The fourth-order valence-electron chi connectivity index (χ4n) is 3.39. The largest absolute Gasteiger partial charge is 0.494 e. The monoisotopic (exact) mass is 432 g/mol. The maximum atomic E-state index is 12.1. The third-order valence-electron chi connectivity index (χ3n) is 5.11. The molecule has 2 N–H and O–H groups in total. The Bertz CT molecular complexity index is 1060. The van der Waals surface area contributed by atoms with Crippen molar-refractivity contribution in [3.8, 4) is 5.75 Å². The van der Waals surface area contributed by atoms with Crippen LogP contribution in [0.15, 0.2) is 71.7 Å². The first kappa shape index (κ1) is 23.1. The predicted octanol–water partition coefficient (Wildman–Crippen LogP) is 3.72. The van der Waals surface area contributed by atoms with E-state index in [1.165, 1.54) is 10.8 Å². The number of hydrogen-bond acceptors (Lipinski definition) is 3. The van der Waals surface area contributed by atoms with E-state index in [1.807, 2.05) is 42.5 Å². The van der Waals surface area contributed by atoms with Gasteiger partial charge in [0.2, 0.25) is 0 Å². The highest BCUT2D eigenvalue weighted by atomic mass is 16.5. The van der Waals surface area contributed by atoms with Gasteiger partial charge in [0.25, 0.3) is 5.91 Å². The lowest BCUT2D eigenvalue weighted by molar-refractivity contribution is 0.0827. The summed E-state index contributed by atoms with van der Waals surface area (Å²) in [5, 5.41) is 9.03. The first-order valence-electron chi connectivity index (χ1n) is 10.9. The quantitative estimate of drug-likeness (QED) is 0.307. The molecule has 0 fully saturated rings. The van der Waals surface area contributed by atoms with Crippen LogP contribution >= 0.6 is 0 Å². The summed E-state index contributed by atoms with van der Waals surface area (Å²) in [5.74, 6) is 1.67. The highest BCUT2D eigenvalue weighted by Crippen LogP contribution is 2.20. The normalized spacial score (nSPS) is 11.3. The molecule has 6 heteroatoms. The molecule has 0 aliphatic heterocycles. The van der Waals surface area contributed by atoms with Gasteiger partial charge >= 0.3 is 0 Å². The van der Waals surface area contributed by atoms with Crippen molar-refractivity contribution >= 4 is 22.6 Å². The maximum absolute atomic E-state index is 12.1. The molecule has 3 aromatic carbocycles. The number of amides is 1. The van der Waals surface area contributed by atoms with E-state index in [0.29, 0.717) is 12.2 Å². The van der Waals surface area contributed by atoms with Crippen LogP contribution in [0.2, 0.25) is 0 Å². The number of benzene rings is 3. The molecule has 0 spiro atoms. The van der Waals surface area contributed by atoms with Crippen LogP contribution < -0.4 is 15.4 Å². The zero-order chi connectivity index (χ0) is 22.8. The second-order valence-electron chi connectivity index (χ2n) is 7.79. The summed E-state index contributed by atoms with van der Waals surface area (Å²) in [6.07, 6.45) is 1.67. The van der Waals surface area contributed by atoms with E-state index in [0.717, 1.165) is 43.2 Å². The molecule has 0 saturated carbocycles. The van der Waals surface area contributed by atoms with Gasteiger partial charge in [-0.25, -0.2) is 0 Å². The molecule has 6 nitrogen and oxygen atoms in total. The number of carbonyl (C=O) groups excluding carboxylic acids is 1. The van der Waals surface area contributed by atoms with Gasteiger partial charge in [-0.1, -0.05) is 42.5 Å². The third kappa shape index (κ3) is 6.74. The van der Waals surface area contributed by atoms with E-state index in [4.69, 9.17) is 4.74 Å². The van der Waals surface area contributed by atoms with Gasteiger partial charge in [0.15, 0.2) is 5.96 Å². The molecule has 3 rings (SSSR count). The minimum Gasteiger partial charge on any atom is -0.494 e. The molecule has 0 aromatic heterocycles. The standard InChI is InChI=1S/C26H32N4O2/c1-27-26(29-16-14-20-8-6-11-23(18-20)25(31)30(2)3)28-15-7-17-32-24-13-12-21-9-4-5-10-22(21)19-24/h4-6,8-13,18-19H,7,14-17H2,1-3H3,(H2,27,28,29). The van der Waals surface area contributed by atoms with Gasteiger partial charge in [0, 0.05) is 39.8 Å². The van der Waals surface area contributed by atoms with Crippen molar-refractivity contribution in [1.82, 2.24) is 15.5 Å². The van der Waals surface area contributed by atoms with E-state index in [2.05, 4.69) is 39.9 Å². The van der Waals surface area contributed by atoms with E-state index < -0.39 is 0 Å². The molecule has 0 bridgehead atoms. The molecular formula is C26H32N4O2. The smallest absolute Gasteiger partial charge is 0.253 e. The number of hydrogen-bond donors (Lipinski definition) is 2. The van der Waals surface area contributed by atoms with Gasteiger partial charge in [-0.15, -0.1) is 0 Å². The Hall–Kier alpha value is -3.54. The Balaban J connectivity index is 1.36. The average molecular weight is 433 g/mol. The van der Waals surface area contributed by atoms with Crippen molar-refractivity contribution in [1.29, 1.82) is 0 Å². The van der Waals surface area contributed by atoms with Gasteiger partial charge < -0.3 is 20.3 Å². The van der Waals surface area contributed by atoms with Gasteiger partial charge in [0.05, 0.1) is 6.61 Å². The number of carbonyl (C=O) groups is 1. The van der Waals surface area contributed by atoms with Crippen molar-refractivity contribution in [2.45, 2.75) is 12.8 Å². The Morgan fingerprint density at radius 1 is 0.938 bits per heavy atom. The van der Waals surface area contributed by atoms with Crippen LogP contribution in [-0.2, 0) is 6.42 Å². The third-order valence-corrected chi connectivity index (χ3v) is 5.11. The van der Waals surface area contributed by atoms with Crippen LogP contribution in [0.1, 0.15) is 22.3 Å². The molecule has 32 heavy (non-hydrogen) atoms. The molecule has 0 unspecified atom stereocenters. The fraction of sp³-hybridized carbons (Fsp3) is 0.308. The maximum Gasteiger partial charge on any atom is 0.253 e. The topological polar surface area (TPSA) is 66.0 Å². The van der Waals surface area contributed by atoms with Crippen molar-refractivity contribution in [2.24, 2.45) is 4.99 Å². The van der Waals surface area contributed by atoms with Crippen molar-refractivity contribution < 1.29 is 9.53 Å². The van der Waals surface area contributed by atoms with E-state index in [9.17, 15) is 4.79 Å². The van der Waals surface area contributed by atoms with Crippen LogP contribution in [0.5, 0.6) is 5.75 Å². The summed E-state index contributed by atoms with van der Waals surface area (Å²) in [5.41, 5.74) is 1.82. The first-order chi connectivity index (χ1) is 15.6. The number of ether oxygens (including phenoxy) is 1. The highest BCUT2D eigenvalue weighted by molar-refractivity contribution is 5.94. The molecule has 0 aliphatic carbocycles. The predicted molar refractivity (Wildman–Crippen MR) is 132 cm³/mol. The molecule has 168 valence electrons. The molecule has 1 amide bonds. The number of aliphatic imine (C=N–C) groups is 1. The Kier molecular flexibility index (Phi) is 8.49. The summed E-state index contributed by atoms with van der Waals surface area (Å²) in [6.45, 7) is 2.13. The van der Waals surface area contributed by atoms with Crippen LogP contribution in [0.25, 0.3) is 10.8 Å². The number of nitrogens with zero attached hydrogens (tertiary/aromatic N) is 2. The summed E-state index contributed by atoms with van der Waals surface area (Å²) >= 11 is 0. The summed E-state index contributed by atoms with van der Waals surface area (Å²) in [6, 6.07) is 22.2. The molecule has 3 aromatic rings. The van der Waals surface area contributed by atoms with Gasteiger partial charge in [-0.2, -0.15) is 0 Å². The molecule has 0 radical (unpaired) electrons. The van der Waals surface area contributed by atoms with Gasteiger partial charge in [-0.05, 0) is 53.4 Å². The zero-order valence-corrected chi connectivity index (χ0v) is 19.1. The highest BCUT2D eigenvalue weighted by Gasteiger charge is 2.08.